The van der Waals surface area contributed by atoms with Gasteiger partial charge in [-0.2, -0.15) is 0 Å². The molecule has 0 fully saturated rings. The number of hydrogen-bond acceptors (Lipinski definition) is 6. The average molecular weight is 398 g/mol. The van der Waals surface area contributed by atoms with Gasteiger partial charge in [0.2, 0.25) is 0 Å². The topological polar surface area (TPSA) is 73.6 Å². The van der Waals surface area contributed by atoms with E-state index in [1.54, 1.807) is 24.9 Å². The quantitative estimate of drug-likeness (QED) is 0.432. The number of rotatable bonds is 9. The molecule has 0 saturated carbocycles. The molecule has 1 amide bonds. The SMILES string of the molecule is COc1cccc(OCCNC(=O)c2ccccc2SCc2cc(C)no2)c1. The summed E-state index contributed by atoms with van der Waals surface area (Å²) in [4.78, 5) is 13.4. The van der Waals surface area contributed by atoms with E-state index in [1.807, 2.05) is 55.5 Å². The summed E-state index contributed by atoms with van der Waals surface area (Å²) in [6.07, 6.45) is 0. The van der Waals surface area contributed by atoms with Gasteiger partial charge in [0.25, 0.3) is 5.91 Å². The van der Waals surface area contributed by atoms with E-state index in [-0.39, 0.29) is 5.91 Å². The van der Waals surface area contributed by atoms with Gasteiger partial charge in [0.1, 0.15) is 23.9 Å². The van der Waals surface area contributed by atoms with E-state index >= 15 is 0 Å². The number of aromatic nitrogens is 1. The number of methoxy groups -OCH3 is 1. The summed E-state index contributed by atoms with van der Waals surface area (Å²) >= 11 is 1.54. The molecule has 0 atom stereocenters. The maximum atomic E-state index is 12.6. The van der Waals surface area contributed by atoms with Gasteiger partial charge >= 0.3 is 0 Å². The van der Waals surface area contributed by atoms with Gasteiger partial charge < -0.3 is 19.3 Å². The molecule has 0 bridgehead atoms. The third-order valence-electron chi connectivity index (χ3n) is 3.88. The molecule has 1 aromatic heterocycles. The summed E-state index contributed by atoms with van der Waals surface area (Å²) in [5.41, 5.74) is 1.47. The van der Waals surface area contributed by atoms with Crippen LogP contribution >= 0.6 is 11.8 Å². The molecule has 3 rings (SSSR count). The van der Waals surface area contributed by atoms with Gasteiger partial charge in [0.15, 0.2) is 0 Å². The highest BCUT2D eigenvalue weighted by Gasteiger charge is 2.12. The smallest absolute Gasteiger partial charge is 0.252 e. The van der Waals surface area contributed by atoms with Crippen LogP contribution in [0.5, 0.6) is 11.5 Å². The molecule has 0 aliphatic rings. The molecular formula is C21H22N2O4S. The van der Waals surface area contributed by atoms with Gasteiger partial charge in [-0.15, -0.1) is 11.8 Å². The molecule has 0 spiro atoms. The van der Waals surface area contributed by atoms with Crippen LogP contribution in [0.4, 0.5) is 0 Å². The molecule has 1 heterocycles. The number of nitrogens with zero attached hydrogens (tertiary/aromatic N) is 1. The maximum absolute atomic E-state index is 12.6. The summed E-state index contributed by atoms with van der Waals surface area (Å²) in [5, 5.41) is 6.78. The largest absolute Gasteiger partial charge is 0.497 e. The molecule has 0 saturated heterocycles. The fourth-order valence-electron chi connectivity index (χ4n) is 2.53. The number of aryl methyl sites for hydroxylation is 1. The van der Waals surface area contributed by atoms with Crippen LogP contribution in [0.25, 0.3) is 0 Å². The van der Waals surface area contributed by atoms with Crippen molar-refractivity contribution in [3.05, 3.63) is 71.6 Å². The van der Waals surface area contributed by atoms with E-state index < -0.39 is 0 Å². The van der Waals surface area contributed by atoms with Crippen molar-refractivity contribution in [2.24, 2.45) is 0 Å². The molecule has 0 aliphatic heterocycles. The van der Waals surface area contributed by atoms with E-state index in [0.717, 1.165) is 22.1 Å². The zero-order chi connectivity index (χ0) is 19.8. The minimum absolute atomic E-state index is 0.133. The monoisotopic (exact) mass is 398 g/mol. The first-order chi connectivity index (χ1) is 13.7. The molecule has 0 aliphatic carbocycles. The minimum Gasteiger partial charge on any atom is -0.497 e. The van der Waals surface area contributed by atoms with Crippen LogP contribution in [0, 0.1) is 6.92 Å². The Morgan fingerprint density at radius 3 is 2.75 bits per heavy atom. The minimum atomic E-state index is -0.133. The molecule has 7 heteroatoms. The Kier molecular flexibility index (Phi) is 6.97. The van der Waals surface area contributed by atoms with Crippen molar-refractivity contribution in [2.45, 2.75) is 17.6 Å². The molecule has 146 valence electrons. The lowest BCUT2D eigenvalue weighted by atomic mass is 10.2. The second kappa shape index (κ2) is 9.85. The average Bonchev–Trinajstić information content (AvgIpc) is 3.15. The Labute approximate surface area is 168 Å². The van der Waals surface area contributed by atoms with Crippen LogP contribution in [0.1, 0.15) is 21.8 Å². The number of carbonyl (C=O) groups is 1. The van der Waals surface area contributed by atoms with Crippen molar-refractivity contribution < 1.29 is 18.8 Å². The summed E-state index contributed by atoms with van der Waals surface area (Å²) in [6, 6.07) is 16.8. The summed E-state index contributed by atoms with van der Waals surface area (Å²) in [5.74, 6) is 2.70. The predicted molar refractivity (Wildman–Crippen MR) is 108 cm³/mol. The molecule has 6 nitrogen and oxygen atoms in total. The predicted octanol–water partition coefficient (Wildman–Crippen LogP) is 4.09. The molecule has 2 aromatic carbocycles. The highest BCUT2D eigenvalue weighted by atomic mass is 32.2. The number of carbonyl (C=O) groups excluding carboxylic acids is 1. The lowest BCUT2D eigenvalue weighted by Crippen LogP contribution is -2.28. The Morgan fingerprint density at radius 2 is 1.96 bits per heavy atom. The van der Waals surface area contributed by atoms with Crippen LogP contribution in [0.15, 0.2) is 64.0 Å². The fraction of sp³-hybridized carbons (Fsp3) is 0.238. The molecule has 28 heavy (non-hydrogen) atoms. The zero-order valence-electron chi connectivity index (χ0n) is 15.8. The van der Waals surface area contributed by atoms with Crippen molar-refractivity contribution in [1.82, 2.24) is 10.5 Å². The number of benzene rings is 2. The lowest BCUT2D eigenvalue weighted by Gasteiger charge is -2.11. The first-order valence-electron chi connectivity index (χ1n) is 8.85. The normalized spacial score (nSPS) is 10.5. The first-order valence-corrected chi connectivity index (χ1v) is 9.83. The zero-order valence-corrected chi connectivity index (χ0v) is 16.6. The number of nitrogens with one attached hydrogen (secondary N) is 1. The van der Waals surface area contributed by atoms with E-state index in [1.165, 1.54) is 0 Å². The highest BCUT2D eigenvalue weighted by Crippen LogP contribution is 2.26. The molecular weight excluding hydrogens is 376 g/mol. The van der Waals surface area contributed by atoms with Crippen molar-refractivity contribution in [3.63, 3.8) is 0 Å². The third kappa shape index (κ3) is 5.53. The number of hydrogen-bond donors (Lipinski definition) is 1. The Bertz CT molecular complexity index is 926. The van der Waals surface area contributed by atoms with Crippen molar-refractivity contribution >= 4 is 17.7 Å². The van der Waals surface area contributed by atoms with Gasteiger partial charge in [0, 0.05) is 17.0 Å². The van der Waals surface area contributed by atoms with Gasteiger partial charge in [-0.05, 0) is 31.2 Å². The van der Waals surface area contributed by atoms with Crippen molar-refractivity contribution in [2.75, 3.05) is 20.3 Å². The van der Waals surface area contributed by atoms with E-state index in [4.69, 9.17) is 14.0 Å². The first kappa shape index (κ1) is 19.8. The van der Waals surface area contributed by atoms with E-state index in [9.17, 15) is 4.79 Å². The highest BCUT2D eigenvalue weighted by molar-refractivity contribution is 7.98. The Morgan fingerprint density at radius 1 is 1.14 bits per heavy atom. The Hall–Kier alpha value is -2.93. The van der Waals surface area contributed by atoms with Crippen LogP contribution in [-0.4, -0.2) is 31.3 Å². The van der Waals surface area contributed by atoms with Crippen molar-refractivity contribution in [3.8, 4) is 11.5 Å². The standard InChI is InChI=1S/C21H22N2O4S/c1-15-12-18(27-23-15)14-28-20-9-4-3-8-19(20)21(24)22-10-11-26-17-7-5-6-16(13-17)25-2/h3-9,12-13H,10-11,14H2,1-2H3,(H,22,24). The summed E-state index contributed by atoms with van der Waals surface area (Å²) < 4.78 is 16.0. The molecule has 0 radical (unpaired) electrons. The van der Waals surface area contributed by atoms with E-state index in [0.29, 0.717) is 30.2 Å². The summed E-state index contributed by atoms with van der Waals surface area (Å²) in [6.45, 7) is 2.65. The third-order valence-corrected chi connectivity index (χ3v) is 4.97. The lowest BCUT2D eigenvalue weighted by molar-refractivity contribution is 0.0944. The van der Waals surface area contributed by atoms with Gasteiger partial charge in [-0.1, -0.05) is 23.4 Å². The molecule has 1 N–H and O–H groups in total. The van der Waals surface area contributed by atoms with Crippen LogP contribution in [0.3, 0.4) is 0 Å². The molecule has 3 aromatic rings. The number of ether oxygens (including phenoxy) is 2. The second-order valence-corrected chi connectivity index (χ2v) is 7.02. The summed E-state index contributed by atoms with van der Waals surface area (Å²) in [7, 11) is 1.61. The number of amides is 1. The van der Waals surface area contributed by atoms with Crippen LogP contribution < -0.4 is 14.8 Å². The van der Waals surface area contributed by atoms with Gasteiger partial charge in [0.05, 0.1) is 30.7 Å². The van der Waals surface area contributed by atoms with Crippen molar-refractivity contribution in [1.29, 1.82) is 0 Å². The molecule has 0 unspecified atom stereocenters. The van der Waals surface area contributed by atoms with E-state index in [2.05, 4.69) is 10.5 Å². The maximum Gasteiger partial charge on any atom is 0.252 e. The fourth-order valence-corrected chi connectivity index (χ4v) is 3.46. The Balaban J connectivity index is 1.51. The van der Waals surface area contributed by atoms with Gasteiger partial charge in [-0.25, -0.2) is 0 Å². The van der Waals surface area contributed by atoms with Gasteiger partial charge in [-0.3, -0.25) is 4.79 Å². The van der Waals surface area contributed by atoms with Crippen LogP contribution in [-0.2, 0) is 5.75 Å². The number of thioether (sulfide) groups is 1. The van der Waals surface area contributed by atoms with Crippen LogP contribution in [0.2, 0.25) is 0 Å². The second-order valence-electron chi connectivity index (χ2n) is 6.00.